The summed E-state index contributed by atoms with van der Waals surface area (Å²) in [6, 6.07) is 24.3. The third-order valence-electron chi connectivity index (χ3n) is 4.89. The molecule has 154 valence electrons. The molecule has 5 rings (SSSR count). The van der Waals surface area contributed by atoms with Crippen LogP contribution in [0.15, 0.2) is 88.6 Å². The predicted octanol–water partition coefficient (Wildman–Crippen LogP) is 6.54. The number of hydrazone groups is 1. The Hall–Kier alpha value is -3.16. The van der Waals surface area contributed by atoms with E-state index in [9.17, 15) is 0 Å². The summed E-state index contributed by atoms with van der Waals surface area (Å²) in [6.07, 6.45) is 3.96. The van der Waals surface area contributed by atoms with Crippen LogP contribution in [0.4, 0.5) is 5.13 Å². The lowest BCUT2D eigenvalue weighted by atomic mass is 10.2. The summed E-state index contributed by atoms with van der Waals surface area (Å²) in [5.41, 5.74) is 6.25. The Bertz CT molecular complexity index is 1320. The van der Waals surface area contributed by atoms with Gasteiger partial charge in [-0.3, -0.25) is 5.43 Å². The maximum Gasteiger partial charge on any atom is 0.204 e. The van der Waals surface area contributed by atoms with Gasteiger partial charge in [0.2, 0.25) is 5.13 Å². The molecule has 3 aromatic carbocycles. The molecule has 5 aromatic rings. The quantitative estimate of drug-likeness (QED) is 0.208. The first-order chi connectivity index (χ1) is 15.3. The molecule has 0 amide bonds. The van der Waals surface area contributed by atoms with Crippen molar-refractivity contribution in [1.82, 2.24) is 9.55 Å². The number of thiazole rings is 1. The van der Waals surface area contributed by atoms with E-state index in [2.05, 4.69) is 66.5 Å². The largest absolute Gasteiger partial charge is 0.492 e. The third-order valence-corrected chi connectivity index (χ3v) is 6.36. The summed E-state index contributed by atoms with van der Waals surface area (Å²) in [5, 5.41) is 6.37. The molecule has 2 aromatic heterocycles. The molecule has 0 saturated heterocycles. The van der Waals surface area contributed by atoms with Crippen LogP contribution in [-0.4, -0.2) is 22.4 Å². The molecule has 0 unspecified atom stereocenters. The van der Waals surface area contributed by atoms with Crippen LogP contribution in [0, 0.1) is 0 Å². The van der Waals surface area contributed by atoms with Crippen molar-refractivity contribution in [1.29, 1.82) is 0 Å². The Morgan fingerprint density at radius 1 is 1.03 bits per heavy atom. The SMILES string of the molecule is Brc1ccc(OCCn2cc(C=NNc3nc4ccccc4s3)c3ccccc32)cc1. The van der Waals surface area contributed by atoms with Crippen molar-refractivity contribution >= 4 is 59.7 Å². The maximum absolute atomic E-state index is 5.90. The van der Waals surface area contributed by atoms with E-state index in [0.717, 1.165) is 48.6 Å². The number of aromatic nitrogens is 2. The van der Waals surface area contributed by atoms with Crippen molar-refractivity contribution in [3.8, 4) is 5.75 Å². The van der Waals surface area contributed by atoms with Crippen LogP contribution in [0.3, 0.4) is 0 Å². The first kappa shape index (κ1) is 19.8. The average Bonchev–Trinajstić information content (AvgIpc) is 3.37. The van der Waals surface area contributed by atoms with Crippen LogP contribution in [0.25, 0.3) is 21.1 Å². The van der Waals surface area contributed by atoms with Gasteiger partial charge < -0.3 is 9.30 Å². The van der Waals surface area contributed by atoms with Gasteiger partial charge in [0.25, 0.3) is 0 Å². The number of halogens is 1. The normalized spacial score (nSPS) is 11.5. The van der Waals surface area contributed by atoms with Crippen LogP contribution in [0.5, 0.6) is 5.75 Å². The van der Waals surface area contributed by atoms with E-state index in [0.29, 0.717) is 6.61 Å². The van der Waals surface area contributed by atoms with Crippen LogP contribution in [0.2, 0.25) is 0 Å². The second kappa shape index (κ2) is 8.91. The zero-order chi connectivity index (χ0) is 21.0. The molecule has 1 N–H and O–H groups in total. The van der Waals surface area contributed by atoms with Crippen molar-refractivity contribution < 1.29 is 4.74 Å². The molecule has 0 fully saturated rings. The van der Waals surface area contributed by atoms with Gasteiger partial charge in [0.1, 0.15) is 12.4 Å². The third kappa shape index (κ3) is 4.47. The number of benzene rings is 3. The molecule has 0 bridgehead atoms. The standard InChI is InChI=1S/C24H19BrN4OS/c25-18-9-11-19(12-10-18)30-14-13-29-16-17(20-5-1-3-7-22(20)29)15-26-28-24-27-21-6-2-4-8-23(21)31-24/h1-12,15-16H,13-14H2,(H,27,28). The number of ether oxygens (including phenoxy) is 1. The Balaban J connectivity index is 1.30. The number of fused-ring (bicyclic) bond motifs is 2. The minimum Gasteiger partial charge on any atom is -0.492 e. The van der Waals surface area contributed by atoms with E-state index >= 15 is 0 Å². The summed E-state index contributed by atoms with van der Waals surface area (Å²) >= 11 is 5.03. The van der Waals surface area contributed by atoms with Gasteiger partial charge >= 0.3 is 0 Å². The fourth-order valence-electron chi connectivity index (χ4n) is 3.43. The highest BCUT2D eigenvalue weighted by atomic mass is 79.9. The number of anilines is 1. The summed E-state index contributed by atoms with van der Waals surface area (Å²) in [5.74, 6) is 0.862. The van der Waals surface area contributed by atoms with E-state index < -0.39 is 0 Å². The van der Waals surface area contributed by atoms with Gasteiger partial charge in [-0.1, -0.05) is 57.6 Å². The number of hydrogen-bond acceptors (Lipinski definition) is 5. The summed E-state index contributed by atoms with van der Waals surface area (Å²) in [6.45, 7) is 1.33. The molecule has 31 heavy (non-hydrogen) atoms. The first-order valence-electron chi connectivity index (χ1n) is 9.87. The highest BCUT2D eigenvalue weighted by Gasteiger charge is 2.07. The zero-order valence-electron chi connectivity index (χ0n) is 16.5. The number of rotatable bonds is 7. The first-order valence-corrected chi connectivity index (χ1v) is 11.5. The fourth-order valence-corrected chi connectivity index (χ4v) is 4.51. The lowest BCUT2D eigenvalue weighted by molar-refractivity contribution is 0.300. The van der Waals surface area contributed by atoms with E-state index in [1.807, 2.05) is 54.7 Å². The summed E-state index contributed by atoms with van der Waals surface area (Å²) in [7, 11) is 0. The molecule has 0 radical (unpaired) electrons. The van der Waals surface area contributed by atoms with Crippen molar-refractivity contribution in [2.45, 2.75) is 6.54 Å². The number of nitrogens with zero attached hydrogens (tertiary/aromatic N) is 3. The Kier molecular flexibility index (Phi) is 5.69. The minimum absolute atomic E-state index is 0.584. The number of hydrogen-bond donors (Lipinski definition) is 1. The highest BCUT2D eigenvalue weighted by molar-refractivity contribution is 9.10. The van der Waals surface area contributed by atoms with E-state index in [-0.39, 0.29) is 0 Å². The second-order valence-corrected chi connectivity index (χ2v) is 8.90. The predicted molar refractivity (Wildman–Crippen MR) is 132 cm³/mol. The molecule has 0 atom stereocenters. The molecule has 0 aliphatic heterocycles. The van der Waals surface area contributed by atoms with Crippen molar-refractivity contribution in [2.75, 3.05) is 12.0 Å². The van der Waals surface area contributed by atoms with Gasteiger partial charge in [0.15, 0.2) is 0 Å². The van der Waals surface area contributed by atoms with Crippen LogP contribution < -0.4 is 10.2 Å². The molecule has 0 aliphatic carbocycles. The van der Waals surface area contributed by atoms with Gasteiger partial charge in [-0.15, -0.1) is 0 Å². The van der Waals surface area contributed by atoms with Gasteiger partial charge in [0.05, 0.1) is 23.0 Å². The summed E-state index contributed by atoms with van der Waals surface area (Å²) in [4.78, 5) is 4.56. The zero-order valence-corrected chi connectivity index (χ0v) is 18.9. The van der Waals surface area contributed by atoms with E-state index in [1.165, 1.54) is 0 Å². The number of para-hydroxylation sites is 2. The molecule has 7 heteroatoms. The van der Waals surface area contributed by atoms with Gasteiger partial charge in [-0.25, -0.2) is 4.98 Å². The average molecular weight is 491 g/mol. The summed E-state index contributed by atoms with van der Waals surface area (Å²) < 4.78 is 10.3. The van der Waals surface area contributed by atoms with E-state index in [1.54, 1.807) is 11.3 Å². The Morgan fingerprint density at radius 2 is 1.84 bits per heavy atom. The number of nitrogens with one attached hydrogen (secondary N) is 1. The molecule has 0 aliphatic rings. The maximum atomic E-state index is 5.90. The monoisotopic (exact) mass is 490 g/mol. The molecular weight excluding hydrogens is 472 g/mol. The molecule has 0 spiro atoms. The van der Waals surface area contributed by atoms with Gasteiger partial charge in [0, 0.05) is 27.1 Å². The van der Waals surface area contributed by atoms with Crippen LogP contribution in [0.1, 0.15) is 5.56 Å². The van der Waals surface area contributed by atoms with Gasteiger partial charge in [-0.05, 0) is 42.5 Å². The molecule has 2 heterocycles. The van der Waals surface area contributed by atoms with Gasteiger partial charge in [-0.2, -0.15) is 5.10 Å². The lowest BCUT2D eigenvalue weighted by Gasteiger charge is -2.08. The topological polar surface area (TPSA) is 51.4 Å². The van der Waals surface area contributed by atoms with E-state index in [4.69, 9.17) is 4.74 Å². The van der Waals surface area contributed by atoms with Crippen molar-refractivity contribution in [3.05, 3.63) is 89.0 Å². The smallest absolute Gasteiger partial charge is 0.204 e. The highest BCUT2D eigenvalue weighted by Crippen LogP contribution is 2.25. The fraction of sp³-hybridized carbons (Fsp3) is 0.0833. The second-order valence-electron chi connectivity index (χ2n) is 6.95. The molecule has 0 saturated carbocycles. The Labute approximate surface area is 192 Å². The van der Waals surface area contributed by atoms with Crippen LogP contribution in [-0.2, 0) is 6.54 Å². The van der Waals surface area contributed by atoms with Crippen molar-refractivity contribution in [3.63, 3.8) is 0 Å². The molecule has 5 nitrogen and oxygen atoms in total. The molecular formula is C24H19BrN4OS. The minimum atomic E-state index is 0.584. The Morgan fingerprint density at radius 3 is 2.71 bits per heavy atom. The van der Waals surface area contributed by atoms with Crippen LogP contribution >= 0.6 is 27.3 Å². The van der Waals surface area contributed by atoms with Crippen molar-refractivity contribution in [2.24, 2.45) is 5.10 Å². The lowest BCUT2D eigenvalue weighted by Crippen LogP contribution is -2.07.